The Labute approximate surface area is 116 Å². The van der Waals surface area contributed by atoms with Crippen molar-refractivity contribution in [2.24, 2.45) is 5.73 Å². The van der Waals surface area contributed by atoms with Gasteiger partial charge in [-0.25, -0.2) is 4.98 Å². The van der Waals surface area contributed by atoms with E-state index in [9.17, 15) is 0 Å². The lowest BCUT2D eigenvalue weighted by Crippen LogP contribution is -2.12. The van der Waals surface area contributed by atoms with Crippen LogP contribution in [0.2, 0.25) is 5.02 Å². The molecule has 0 aliphatic heterocycles. The third-order valence-corrected chi connectivity index (χ3v) is 3.21. The number of amidine groups is 1. The maximum absolute atomic E-state index is 7.42. The summed E-state index contributed by atoms with van der Waals surface area (Å²) in [6.07, 6.45) is 1.51. The van der Waals surface area contributed by atoms with Crippen LogP contribution in [0.3, 0.4) is 0 Å². The Balaban J connectivity index is 2.35. The molecule has 0 aliphatic rings. The summed E-state index contributed by atoms with van der Waals surface area (Å²) in [6.45, 7) is 4.03. The van der Waals surface area contributed by atoms with Crippen LogP contribution < -0.4 is 10.5 Å². The van der Waals surface area contributed by atoms with Crippen LogP contribution in [0.1, 0.15) is 16.7 Å². The molecule has 0 amide bonds. The third kappa shape index (κ3) is 2.85. The zero-order valence-corrected chi connectivity index (χ0v) is 11.5. The predicted octanol–water partition coefficient (Wildman–Crippen LogP) is 3.43. The number of hydrogen-bond donors (Lipinski definition) is 2. The van der Waals surface area contributed by atoms with Crippen molar-refractivity contribution in [1.82, 2.24) is 4.98 Å². The minimum atomic E-state index is -0.114. The first-order chi connectivity index (χ1) is 8.99. The number of ether oxygens (including phenoxy) is 1. The van der Waals surface area contributed by atoms with E-state index in [0.717, 1.165) is 5.56 Å². The lowest BCUT2D eigenvalue weighted by Gasteiger charge is -2.10. The number of nitrogen functional groups attached to an aromatic ring is 1. The van der Waals surface area contributed by atoms with Crippen molar-refractivity contribution >= 4 is 17.4 Å². The molecule has 1 heterocycles. The summed E-state index contributed by atoms with van der Waals surface area (Å²) in [5.41, 5.74) is 8.15. The zero-order chi connectivity index (χ0) is 14.0. The molecular weight excluding hydrogens is 262 g/mol. The van der Waals surface area contributed by atoms with Gasteiger partial charge in [0.1, 0.15) is 16.6 Å². The van der Waals surface area contributed by atoms with Crippen molar-refractivity contribution in [1.29, 1.82) is 5.41 Å². The Kier molecular flexibility index (Phi) is 3.71. The second-order valence-electron chi connectivity index (χ2n) is 4.24. The standard InChI is InChI=1S/C14H14ClN3O/c1-8-3-4-10(7-9(8)2)19-14-12(15)11(13(16)17)5-6-18-14/h3-7H,1-2H3,(H3,16,17). The lowest BCUT2D eigenvalue weighted by molar-refractivity contribution is 0.462. The Morgan fingerprint density at radius 2 is 2.00 bits per heavy atom. The summed E-state index contributed by atoms with van der Waals surface area (Å²) < 4.78 is 5.64. The molecular formula is C14H14ClN3O. The van der Waals surface area contributed by atoms with Gasteiger partial charge in [-0.05, 0) is 43.2 Å². The number of hydrogen-bond acceptors (Lipinski definition) is 3. The molecule has 3 N–H and O–H groups in total. The first-order valence-corrected chi connectivity index (χ1v) is 6.11. The number of nitrogens with two attached hydrogens (primary N) is 1. The highest BCUT2D eigenvalue weighted by molar-refractivity contribution is 6.35. The van der Waals surface area contributed by atoms with Crippen LogP contribution in [0.25, 0.3) is 0 Å². The molecule has 5 heteroatoms. The predicted molar refractivity (Wildman–Crippen MR) is 76.3 cm³/mol. The fourth-order valence-electron chi connectivity index (χ4n) is 1.59. The van der Waals surface area contributed by atoms with E-state index in [0.29, 0.717) is 11.3 Å². The van der Waals surface area contributed by atoms with Crippen LogP contribution in [0, 0.1) is 19.3 Å². The van der Waals surface area contributed by atoms with Gasteiger partial charge in [-0.3, -0.25) is 5.41 Å². The molecule has 98 valence electrons. The highest BCUT2D eigenvalue weighted by Crippen LogP contribution is 2.30. The van der Waals surface area contributed by atoms with Gasteiger partial charge in [-0.2, -0.15) is 0 Å². The maximum atomic E-state index is 7.42. The van der Waals surface area contributed by atoms with E-state index < -0.39 is 0 Å². The van der Waals surface area contributed by atoms with Gasteiger partial charge in [0.25, 0.3) is 0 Å². The summed E-state index contributed by atoms with van der Waals surface area (Å²) in [5.74, 6) is 0.785. The highest BCUT2D eigenvalue weighted by atomic mass is 35.5. The average Bonchev–Trinajstić information content (AvgIpc) is 2.36. The molecule has 1 aromatic carbocycles. The van der Waals surface area contributed by atoms with Crippen LogP contribution in [0.4, 0.5) is 0 Å². The van der Waals surface area contributed by atoms with Crippen molar-refractivity contribution < 1.29 is 4.74 Å². The summed E-state index contributed by atoms with van der Waals surface area (Å²) in [5, 5.41) is 7.67. The van der Waals surface area contributed by atoms with Crippen molar-refractivity contribution in [2.75, 3.05) is 0 Å². The van der Waals surface area contributed by atoms with E-state index >= 15 is 0 Å². The van der Waals surface area contributed by atoms with Crippen LogP contribution >= 0.6 is 11.6 Å². The van der Waals surface area contributed by atoms with Crippen LogP contribution in [-0.4, -0.2) is 10.8 Å². The van der Waals surface area contributed by atoms with Gasteiger partial charge in [-0.1, -0.05) is 17.7 Å². The molecule has 19 heavy (non-hydrogen) atoms. The zero-order valence-electron chi connectivity index (χ0n) is 10.7. The second kappa shape index (κ2) is 5.28. The van der Waals surface area contributed by atoms with E-state index in [1.807, 2.05) is 32.0 Å². The number of aromatic nitrogens is 1. The van der Waals surface area contributed by atoms with Crippen LogP contribution in [0.15, 0.2) is 30.5 Å². The SMILES string of the molecule is Cc1ccc(Oc2nccc(C(=N)N)c2Cl)cc1C. The number of nitrogens with zero attached hydrogens (tertiary/aromatic N) is 1. The molecule has 0 saturated carbocycles. The average molecular weight is 276 g/mol. The third-order valence-electron chi connectivity index (χ3n) is 2.84. The number of nitrogens with one attached hydrogen (secondary N) is 1. The first-order valence-electron chi connectivity index (χ1n) is 5.73. The molecule has 4 nitrogen and oxygen atoms in total. The Morgan fingerprint density at radius 1 is 1.26 bits per heavy atom. The molecule has 0 bridgehead atoms. The highest BCUT2D eigenvalue weighted by Gasteiger charge is 2.11. The lowest BCUT2D eigenvalue weighted by atomic mass is 10.1. The first kappa shape index (κ1) is 13.4. The molecule has 2 rings (SSSR count). The number of pyridine rings is 1. The number of rotatable bonds is 3. The Morgan fingerprint density at radius 3 is 2.63 bits per heavy atom. The van der Waals surface area contributed by atoms with E-state index in [4.69, 9.17) is 27.5 Å². The van der Waals surface area contributed by atoms with Gasteiger partial charge in [-0.15, -0.1) is 0 Å². The topological polar surface area (TPSA) is 72.0 Å². The molecule has 2 aromatic rings. The number of aryl methyl sites for hydroxylation is 2. The van der Waals surface area contributed by atoms with Gasteiger partial charge >= 0.3 is 0 Å². The van der Waals surface area contributed by atoms with Crippen LogP contribution in [-0.2, 0) is 0 Å². The Hall–Kier alpha value is -2.07. The smallest absolute Gasteiger partial charge is 0.238 e. The fourth-order valence-corrected chi connectivity index (χ4v) is 1.84. The van der Waals surface area contributed by atoms with Crippen molar-refractivity contribution in [2.45, 2.75) is 13.8 Å². The molecule has 0 aliphatic carbocycles. The van der Waals surface area contributed by atoms with Gasteiger partial charge in [0, 0.05) is 11.8 Å². The molecule has 0 fully saturated rings. The van der Waals surface area contributed by atoms with Gasteiger partial charge < -0.3 is 10.5 Å². The summed E-state index contributed by atoms with van der Waals surface area (Å²) in [6, 6.07) is 7.31. The molecule has 0 atom stereocenters. The largest absolute Gasteiger partial charge is 0.438 e. The fraction of sp³-hybridized carbons (Fsp3) is 0.143. The Bertz CT molecular complexity index is 641. The van der Waals surface area contributed by atoms with Gasteiger partial charge in [0.2, 0.25) is 5.88 Å². The van der Waals surface area contributed by atoms with Gasteiger partial charge in [0.05, 0.1) is 0 Å². The van der Waals surface area contributed by atoms with Crippen molar-refractivity contribution in [3.8, 4) is 11.6 Å². The quantitative estimate of drug-likeness (QED) is 0.666. The molecule has 1 aromatic heterocycles. The molecule has 0 unspecified atom stereocenters. The number of benzene rings is 1. The van der Waals surface area contributed by atoms with Crippen LogP contribution in [0.5, 0.6) is 11.6 Å². The van der Waals surface area contributed by atoms with Gasteiger partial charge in [0.15, 0.2) is 0 Å². The summed E-state index contributed by atoms with van der Waals surface area (Å²) >= 11 is 6.12. The van der Waals surface area contributed by atoms with Crippen molar-refractivity contribution in [3.05, 3.63) is 52.2 Å². The normalized spacial score (nSPS) is 10.3. The second-order valence-corrected chi connectivity index (χ2v) is 4.62. The van der Waals surface area contributed by atoms with E-state index in [1.54, 1.807) is 6.07 Å². The van der Waals surface area contributed by atoms with Crippen molar-refractivity contribution in [3.63, 3.8) is 0 Å². The minimum absolute atomic E-state index is 0.114. The van der Waals surface area contributed by atoms with E-state index in [-0.39, 0.29) is 16.7 Å². The van der Waals surface area contributed by atoms with E-state index in [1.165, 1.54) is 11.8 Å². The maximum Gasteiger partial charge on any atom is 0.238 e. The van der Waals surface area contributed by atoms with E-state index in [2.05, 4.69) is 4.98 Å². The summed E-state index contributed by atoms with van der Waals surface area (Å²) in [4.78, 5) is 4.06. The molecule has 0 radical (unpaired) electrons. The molecule has 0 saturated heterocycles. The number of halogens is 1. The monoisotopic (exact) mass is 275 g/mol. The molecule has 0 spiro atoms. The summed E-state index contributed by atoms with van der Waals surface area (Å²) in [7, 11) is 0. The minimum Gasteiger partial charge on any atom is -0.438 e.